The normalized spacial score (nSPS) is 16.1. The minimum absolute atomic E-state index is 0.0561. The number of halogens is 1. The molecule has 0 saturated carbocycles. The van der Waals surface area contributed by atoms with Crippen molar-refractivity contribution in [2.45, 2.75) is 19.9 Å². The number of carbonyl (C=O) groups is 2. The first-order valence-electron chi connectivity index (χ1n) is 9.47. The van der Waals surface area contributed by atoms with Crippen LogP contribution in [0.2, 0.25) is 0 Å². The molecule has 0 fully saturated rings. The van der Waals surface area contributed by atoms with Gasteiger partial charge in [-0.15, -0.1) is 5.11 Å². The number of aromatic carboxylic acids is 1. The van der Waals surface area contributed by atoms with Crippen LogP contribution in [0.15, 0.2) is 68.7 Å². The molecular formula is C21H17IN6O4. The SMILES string of the molecule is CC1=NN(c2ccc(I)cc2)C(=O)C1N=Nc1c(C)[nH]n(-c2ccc(C(=O)O)cc2)c1=O. The zero-order valence-electron chi connectivity index (χ0n) is 17.0. The molecule has 0 saturated heterocycles. The second kappa shape index (κ2) is 8.49. The molecule has 10 nitrogen and oxygen atoms in total. The number of hydrogen-bond acceptors (Lipinski definition) is 6. The van der Waals surface area contributed by atoms with Crippen LogP contribution >= 0.6 is 22.6 Å². The number of benzene rings is 2. The molecule has 0 bridgehead atoms. The molecule has 1 atom stereocenters. The van der Waals surface area contributed by atoms with Crippen molar-refractivity contribution in [1.29, 1.82) is 0 Å². The van der Waals surface area contributed by atoms with Crippen molar-refractivity contribution >= 4 is 51.6 Å². The molecule has 0 aliphatic carbocycles. The molecule has 0 spiro atoms. The van der Waals surface area contributed by atoms with Crippen molar-refractivity contribution in [3.05, 3.63) is 73.7 Å². The van der Waals surface area contributed by atoms with Gasteiger partial charge in [0.1, 0.15) is 0 Å². The number of nitrogens with one attached hydrogen (secondary N) is 1. The summed E-state index contributed by atoms with van der Waals surface area (Å²) in [6, 6.07) is 12.2. The Morgan fingerprint density at radius 3 is 2.31 bits per heavy atom. The molecule has 4 rings (SSSR count). The van der Waals surface area contributed by atoms with Crippen molar-refractivity contribution in [3.8, 4) is 5.69 Å². The van der Waals surface area contributed by atoms with Crippen LogP contribution in [0.25, 0.3) is 5.69 Å². The Morgan fingerprint density at radius 2 is 1.69 bits per heavy atom. The molecule has 2 N–H and O–H groups in total. The van der Waals surface area contributed by atoms with Gasteiger partial charge < -0.3 is 5.11 Å². The van der Waals surface area contributed by atoms with Crippen molar-refractivity contribution in [2.75, 3.05) is 5.01 Å². The number of aromatic nitrogens is 2. The highest BCUT2D eigenvalue weighted by Crippen LogP contribution is 2.24. The minimum atomic E-state index is -1.06. The van der Waals surface area contributed by atoms with Crippen LogP contribution in [0.3, 0.4) is 0 Å². The summed E-state index contributed by atoms with van der Waals surface area (Å²) < 4.78 is 2.27. The van der Waals surface area contributed by atoms with E-state index >= 15 is 0 Å². The van der Waals surface area contributed by atoms with Crippen molar-refractivity contribution < 1.29 is 14.7 Å². The van der Waals surface area contributed by atoms with Crippen LogP contribution in [0.4, 0.5) is 11.4 Å². The van der Waals surface area contributed by atoms with Gasteiger partial charge in [-0.3, -0.25) is 14.7 Å². The summed E-state index contributed by atoms with van der Waals surface area (Å²) in [6.07, 6.45) is 0. The summed E-state index contributed by atoms with van der Waals surface area (Å²) >= 11 is 2.18. The largest absolute Gasteiger partial charge is 0.478 e. The van der Waals surface area contributed by atoms with Crippen LogP contribution < -0.4 is 10.6 Å². The number of carbonyl (C=O) groups excluding carboxylic acids is 1. The topological polar surface area (TPSA) is 132 Å². The summed E-state index contributed by atoms with van der Waals surface area (Å²) in [4.78, 5) is 36.7. The molecule has 2 heterocycles. The van der Waals surface area contributed by atoms with E-state index in [2.05, 4.69) is 43.0 Å². The number of hydrazone groups is 1. The number of carboxylic acids is 1. The standard InChI is InChI=1S/C21H17IN6O4/c1-11-17(19(29)27(25-11)15-7-3-13(4-8-15)21(31)32)23-24-18-12(2)26-28(20(18)30)16-9-5-14(22)6-10-16/h3-10,18,25H,1-2H3,(H,31,32). The van der Waals surface area contributed by atoms with E-state index in [1.807, 2.05) is 12.1 Å². The average molecular weight is 544 g/mol. The third-order valence-electron chi connectivity index (χ3n) is 4.85. The maximum absolute atomic E-state index is 12.8. The number of carboxylic acid groups (broad SMARTS) is 1. The van der Waals surface area contributed by atoms with Gasteiger partial charge in [0.05, 0.1) is 28.3 Å². The number of rotatable bonds is 5. The molecule has 1 amide bonds. The first-order chi connectivity index (χ1) is 15.3. The van der Waals surface area contributed by atoms with Gasteiger partial charge in [0.2, 0.25) is 0 Å². The number of H-pyrrole nitrogens is 1. The van der Waals surface area contributed by atoms with E-state index in [-0.39, 0.29) is 17.2 Å². The summed E-state index contributed by atoms with van der Waals surface area (Å²) in [7, 11) is 0. The molecule has 11 heteroatoms. The number of hydrogen-bond donors (Lipinski definition) is 2. The maximum Gasteiger partial charge on any atom is 0.335 e. The Morgan fingerprint density at radius 1 is 1.06 bits per heavy atom. The summed E-state index contributed by atoms with van der Waals surface area (Å²) in [5.41, 5.74) is 1.69. The predicted octanol–water partition coefficient (Wildman–Crippen LogP) is 3.65. The first kappa shape index (κ1) is 21.6. The number of aromatic amines is 1. The monoisotopic (exact) mass is 544 g/mol. The number of azo groups is 1. The second-order valence-electron chi connectivity index (χ2n) is 7.06. The maximum atomic E-state index is 12.8. The highest BCUT2D eigenvalue weighted by Gasteiger charge is 2.35. The van der Waals surface area contributed by atoms with Gasteiger partial charge in [0, 0.05) is 3.57 Å². The van der Waals surface area contributed by atoms with Gasteiger partial charge >= 0.3 is 5.97 Å². The highest BCUT2D eigenvalue weighted by molar-refractivity contribution is 14.1. The fourth-order valence-corrected chi connectivity index (χ4v) is 3.52. The Labute approximate surface area is 195 Å². The van der Waals surface area contributed by atoms with E-state index in [4.69, 9.17) is 5.11 Å². The summed E-state index contributed by atoms with van der Waals surface area (Å²) in [6.45, 7) is 3.34. The Hall–Kier alpha value is -3.61. The molecule has 1 aliphatic heterocycles. The molecule has 2 aromatic carbocycles. The van der Waals surface area contributed by atoms with E-state index in [9.17, 15) is 14.4 Å². The molecule has 32 heavy (non-hydrogen) atoms. The van der Waals surface area contributed by atoms with E-state index < -0.39 is 17.6 Å². The summed E-state index contributed by atoms with van der Waals surface area (Å²) in [5, 5.41) is 25.6. The van der Waals surface area contributed by atoms with E-state index in [0.29, 0.717) is 22.8 Å². The first-order valence-corrected chi connectivity index (χ1v) is 10.5. The van der Waals surface area contributed by atoms with Crippen LogP contribution in [0.1, 0.15) is 23.0 Å². The second-order valence-corrected chi connectivity index (χ2v) is 8.31. The van der Waals surface area contributed by atoms with Crippen molar-refractivity contribution in [2.24, 2.45) is 15.3 Å². The fourth-order valence-electron chi connectivity index (χ4n) is 3.16. The number of nitrogens with zero attached hydrogens (tertiary/aromatic N) is 5. The number of anilines is 1. The minimum Gasteiger partial charge on any atom is -0.478 e. The van der Waals surface area contributed by atoms with Crippen molar-refractivity contribution in [1.82, 2.24) is 9.78 Å². The molecule has 162 valence electrons. The lowest BCUT2D eigenvalue weighted by molar-refractivity contribution is -0.117. The third kappa shape index (κ3) is 3.98. The highest BCUT2D eigenvalue weighted by atomic mass is 127. The smallest absolute Gasteiger partial charge is 0.335 e. The zero-order valence-corrected chi connectivity index (χ0v) is 19.1. The number of aryl methyl sites for hydroxylation is 1. The van der Waals surface area contributed by atoms with Crippen LogP contribution in [0, 0.1) is 10.5 Å². The van der Waals surface area contributed by atoms with Gasteiger partial charge in [-0.05, 0) is 85.0 Å². The average Bonchev–Trinajstić information content (AvgIpc) is 3.22. The Kier molecular flexibility index (Phi) is 5.74. The van der Waals surface area contributed by atoms with Gasteiger partial charge in [0.15, 0.2) is 11.7 Å². The molecule has 1 unspecified atom stereocenters. The fraction of sp³-hybridized carbons (Fsp3) is 0.143. The van der Waals surface area contributed by atoms with E-state index in [1.54, 1.807) is 26.0 Å². The molecule has 3 aromatic rings. The van der Waals surface area contributed by atoms with Gasteiger partial charge in [-0.25, -0.2) is 9.48 Å². The molecule has 1 aliphatic rings. The predicted molar refractivity (Wildman–Crippen MR) is 126 cm³/mol. The summed E-state index contributed by atoms with van der Waals surface area (Å²) in [5.74, 6) is -1.41. The van der Waals surface area contributed by atoms with Crippen molar-refractivity contribution in [3.63, 3.8) is 0 Å². The Bertz CT molecular complexity index is 1320. The lowest BCUT2D eigenvalue weighted by Crippen LogP contribution is -2.29. The molecule has 1 aromatic heterocycles. The number of amides is 1. The lowest BCUT2D eigenvalue weighted by Gasteiger charge is -2.12. The van der Waals surface area contributed by atoms with Crippen LogP contribution in [0.5, 0.6) is 0 Å². The zero-order chi connectivity index (χ0) is 23.0. The Balaban J connectivity index is 1.59. The molecule has 0 radical (unpaired) electrons. The lowest BCUT2D eigenvalue weighted by atomic mass is 10.2. The van der Waals surface area contributed by atoms with Crippen LogP contribution in [-0.4, -0.2) is 38.5 Å². The van der Waals surface area contributed by atoms with Crippen LogP contribution in [-0.2, 0) is 4.79 Å². The van der Waals surface area contributed by atoms with E-state index in [0.717, 1.165) is 3.57 Å². The van der Waals surface area contributed by atoms with Gasteiger partial charge in [-0.2, -0.15) is 15.2 Å². The van der Waals surface area contributed by atoms with E-state index in [1.165, 1.54) is 34.0 Å². The van der Waals surface area contributed by atoms with Gasteiger partial charge in [0.25, 0.3) is 11.5 Å². The quantitative estimate of drug-likeness (QED) is 0.375. The molecular weight excluding hydrogens is 527 g/mol. The van der Waals surface area contributed by atoms with Gasteiger partial charge in [-0.1, -0.05) is 0 Å². The third-order valence-corrected chi connectivity index (χ3v) is 5.57.